The summed E-state index contributed by atoms with van der Waals surface area (Å²) in [7, 11) is 0. The van der Waals surface area contributed by atoms with E-state index < -0.39 is 11.9 Å². The van der Waals surface area contributed by atoms with Crippen molar-refractivity contribution in [1.82, 2.24) is 9.97 Å². The van der Waals surface area contributed by atoms with Crippen LogP contribution in [0.1, 0.15) is 45.2 Å². The van der Waals surface area contributed by atoms with Gasteiger partial charge >= 0.3 is 6.18 Å². The summed E-state index contributed by atoms with van der Waals surface area (Å²) in [4.78, 5) is 7.60. The zero-order valence-corrected chi connectivity index (χ0v) is 12.3. The second-order valence-electron chi connectivity index (χ2n) is 5.59. The van der Waals surface area contributed by atoms with Crippen LogP contribution >= 0.6 is 0 Å². The second-order valence-corrected chi connectivity index (χ2v) is 5.59. The first-order valence-electron chi connectivity index (χ1n) is 7.32. The van der Waals surface area contributed by atoms with E-state index >= 15 is 0 Å². The molecule has 118 valence electrons. The van der Waals surface area contributed by atoms with Gasteiger partial charge in [-0.2, -0.15) is 18.2 Å². The number of alkyl halides is 3. The van der Waals surface area contributed by atoms with Gasteiger partial charge in [-0.15, -0.1) is 0 Å². The highest BCUT2D eigenvalue weighted by Gasteiger charge is 2.41. The van der Waals surface area contributed by atoms with Crippen LogP contribution in [0.5, 0.6) is 0 Å². The summed E-state index contributed by atoms with van der Waals surface area (Å²) >= 11 is 0. The molecule has 0 saturated heterocycles. The fourth-order valence-electron chi connectivity index (χ4n) is 2.42. The smallest absolute Gasteiger partial charge is 0.369 e. The van der Waals surface area contributed by atoms with Crippen LogP contribution in [-0.4, -0.2) is 23.1 Å². The van der Waals surface area contributed by atoms with Crippen LogP contribution in [0, 0.1) is 5.41 Å². The molecule has 1 heterocycles. The van der Waals surface area contributed by atoms with Gasteiger partial charge in [0.15, 0.2) is 5.69 Å². The zero-order valence-electron chi connectivity index (χ0n) is 12.3. The van der Waals surface area contributed by atoms with E-state index in [1.165, 1.54) is 0 Å². The van der Waals surface area contributed by atoms with E-state index in [2.05, 4.69) is 27.5 Å². The minimum atomic E-state index is -4.47. The summed E-state index contributed by atoms with van der Waals surface area (Å²) in [6, 6.07) is 0.975. The van der Waals surface area contributed by atoms with Crippen molar-refractivity contribution < 1.29 is 13.2 Å². The van der Waals surface area contributed by atoms with Gasteiger partial charge < -0.3 is 10.6 Å². The van der Waals surface area contributed by atoms with Crippen molar-refractivity contribution in [2.24, 2.45) is 5.41 Å². The second kappa shape index (κ2) is 6.07. The van der Waals surface area contributed by atoms with Crippen molar-refractivity contribution in [3.8, 4) is 0 Å². The van der Waals surface area contributed by atoms with E-state index in [0.717, 1.165) is 31.7 Å². The Morgan fingerprint density at radius 1 is 1.19 bits per heavy atom. The molecule has 2 N–H and O–H groups in total. The lowest BCUT2D eigenvalue weighted by Crippen LogP contribution is -2.18. The van der Waals surface area contributed by atoms with Crippen molar-refractivity contribution in [2.75, 3.05) is 23.7 Å². The van der Waals surface area contributed by atoms with Crippen LogP contribution < -0.4 is 10.6 Å². The quantitative estimate of drug-likeness (QED) is 0.801. The third-order valence-corrected chi connectivity index (χ3v) is 3.73. The summed E-state index contributed by atoms with van der Waals surface area (Å²) in [6.45, 7) is 5.05. The number of halogens is 3. The van der Waals surface area contributed by atoms with Crippen molar-refractivity contribution in [1.29, 1.82) is 0 Å². The Kier molecular flexibility index (Phi) is 4.58. The summed E-state index contributed by atoms with van der Waals surface area (Å²) in [5.41, 5.74) is -0.674. The molecular weight excluding hydrogens is 281 g/mol. The molecule has 4 nitrogen and oxygen atoms in total. The number of anilines is 2. The molecule has 2 rings (SSSR count). The van der Waals surface area contributed by atoms with Crippen molar-refractivity contribution in [2.45, 2.75) is 45.7 Å². The normalized spacial score (nSPS) is 16.6. The number of nitrogens with one attached hydrogen (secondary N) is 2. The van der Waals surface area contributed by atoms with E-state index in [9.17, 15) is 13.2 Å². The third kappa shape index (κ3) is 4.22. The Balaban J connectivity index is 2.12. The molecule has 0 unspecified atom stereocenters. The highest BCUT2D eigenvalue weighted by Crippen LogP contribution is 2.49. The topological polar surface area (TPSA) is 49.8 Å². The van der Waals surface area contributed by atoms with E-state index in [1.54, 1.807) is 6.92 Å². The summed E-state index contributed by atoms with van der Waals surface area (Å²) in [6.07, 6.45) is -0.0281. The maximum atomic E-state index is 12.8. The molecule has 21 heavy (non-hydrogen) atoms. The Hall–Kier alpha value is -1.53. The minimum absolute atomic E-state index is 0.00941. The lowest BCUT2D eigenvalue weighted by molar-refractivity contribution is -0.141. The molecule has 1 fully saturated rings. The molecule has 0 bridgehead atoms. The Morgan fingerprint density at radius 3 is 2.43 bits per heavy atom. The number of hydrogen-bond donors (Lipinski definition) is 2. The summed E-state index contributed by atoms with van der Waals surface area (Å²) in [5.74, 6) is 0.241. The number of hydrogen-bond acceptors (Lipinski definition) is 4. The number of nitrogens with zero attached hydrogens (tertiary/aromatic N) is 2. The Bertz CT molecular complexity index is 484. The van der Waals surface area contributed by atoms with Crippen molar-refractivity contribution >= 4 is 11.8 Å². The predicted molar refractivity (Wildman–Crippen MR) is 76.3 cm³/mol. The Morgan fingerprint density at radius 2 is 1.90 bits per heavy atom. The molecule has 1 aliphatic carbocycles. The highest BCUT2D eigenvalue weighted by atomic mass is 19.4. The van der Waals surface area contributed by atoms with Crippen LogP contribution in [0.4, 0.5) is 24.9 Å². The molecule has 0 aliphatic heterocycles. The van der Waals surface area contributed by atoms with Gasteiger partial charge in [0.2, 0.25) is 5.95 Å². The van der Waals surface area contributed by atoms with E-state index in [0.29, 0.717) is 13.1 Å². The number of aromatic nitrogens is 2. The predicted octanol–water partition coefficient (Wildman–Crippen LogP) is 3.92. The van der Waals surface area contributed by atoms with E-state index in [-0.39, 0.29) is 17.2 Å². The average Bonchev–Trinajstić information content (AvgIpc) is 3.16. The van der Waals surface area contributed by atoms with Gasteiger partial charge in [0, 0.05) is 19.2 Å². The standard InChI is InChI=1S/C14H21F3N4/c1-3-5-13(6-7-13)9-19-11-8-10(14(15,16)17)20-12(21-11)18-4-2/h8H,3-7,9H2,1-2H3,(H2,18,19,20,21). The lowest BCUT2D eigenvalue weighted by Gasteiger charge is -2.17. The highest BCUT2D eigenvalue weighted by molar-refractivity contribution is 5.43. The SMILES string of the molecule is CCCC1(CNc2cc(C(F)(F)F)nc(NCC)n2)CC1. The van der Waals surface area contributed by atoms with Crippen LogP contribution in [0.25, 0.3) is 0 Å². The molecule has 0 spiro atoms. The van der Waals surface area contributed by atoms with Gasteiger partial charge in [0.1, 0.15) is 5.82 Å². The fraction of sp³-hybridized carbons (Fsp3) is 0.714. The van der Waals surface area contributed by atoms with E-state index in [4.69, 9.17) is 0 Å². The zero-order chi connectivity index (χ0) is 15.5. The molecular formula is C14H21F3N4. The van der Waals surface area contributed by atoms with Crippen LogP contribution in [0.2, 0.25) is 0 Å². The molecule has 7 heteroatoms. The van der Waals surface area contributed by atoms with Gasteiger partial charge in [-0.3, -0.25) is 0 Å². The summed E-state index contributed by atoms with van der Waals surface area (Å²) in [5, 5.41) is 5.79. The minimum Gasteiger partial charge on any atom is -0.369 e. The van der Waals surface area contributed by atoms with Crippen molar-refractivity contribution in [3.63, 3.8) is 0 Å². The van der Waals surface area contributed by atoms with Crippen LogP contribution in [0.3, 0.4) is 0 Å². The molecule has 1 aliphatic rings. The fourth-order valence-corrected chi connectivity index (χ4v) is 2.42. The van der Waals surface area contributed by atoms with Gasteiger partial charge in [0.05, 0.1) is 0 Å². The maximum absolute atomic E-state index is 12.8. The van der Waals surface area contributed by atoms with Gasteiger partial charge in [0.25, 0.3) is 0 Å². The molecule has 1 aromatic rings. The monoisotopic (exact) mass is 302 g/mol. The first-order valence-corrected chi connectivity index (χ1v) is 7.32. The third-order valence-electron chi connectivity index (χ3n) is 3.73. The molecule has 0 aromatic carbocycles. The van der Waals surface area contributed by atoms with Crippen LogP contribution in [-0.2, 0) is 6.18 Å². The first-order chi connectivity index (χ1) is 9.88. The molecule has 1 saturated carbocycles. The Labute approximate surface area is 122 Å². The van der Waals surface area contributed by atoms with Crippen LogP contribution in [0.15, 0.2) is 6.07 Å². The molecule has 0 atom stereocenters. The molecule has 0 radical (unpaired) electrons. The van der Waals surface area contributed by atoms with E-state index in [1.807, 2.05) is 0 Å². The van der Waals surface area contributed by atoms with Gasteiger partial charge in [-0.25, -0.2) is 4.98 Å². The van der Waals surface area contributed by atoms with Gasteiger partial charge in [-0.05, 0) is 31.6 Å². The molecule has 0 amide bonds. The largest absolute Gasteiger partial charge is 0.433 e. The lowest BCUT2D eigenvalue weighted by atomic mass is 10.0. The molecule has 1 aromatic heterocycles. The van der Waals surface area contributed by atoms with Gasteiger partial charge in [-0.1, -0.05) is 13.3 Å². The average molecular weight is 302 g/mol. The number of rotatable bonds is 7. The first kappa shape index (κ1) is 15.9. The van der Waals surface area contributed by atoms with Crippen molar-refractivity contribution in [3.05, 3.63) is 11.8 Å². The maximum Gasteiger partial charge on any atom is 0.433 e. The summed E-state index contributed by atoms with van der Waals surface area (Å²) < 4.78 is 38.5.